The second kappa shape index (κ2) is 15.6. The maximum Gasteiger partial charge on any atom is 0.180 e. The SMILES string of the molecule is CCCCCCCCCCCCN(CP(O)O)CP(O)O. The summed E-state index contributed by atoms with van der Waals surface area (Å²) in [7, 11) is -3.99. The molecular formula is C14H33NO4P2. The van der Waals surface area contributed by atoms with Gasteiger partial charge < -0.3 is 19.6 Å². The van der Waals surface area contributed by atoms with E-state index in [1.807, 2.05) is 0 Å². The fraction of sp³-hybridized carbons (Fsp3) is 1.00. The van der Waals surface area contributed by atoms with E-state index in [9.17, 15) is 0 Å². The van der Waals surface area contributed by atoms with Gasteiger partial charge in [0.1, 0.15) is 0 Å². The molecule has 4 N–H and O–H groups in total. The molecule has 0 fully saturated rings. The van der Waals surface area contributed by atoms with E-state index in [4.69, 9.17) is 19.6 Å². The van der Waals surface area contributed by atoms with Gasteiger partial charge in [0.25, 0.3) is 0 Å². The third kappa shape index (κ3) is 16.9. The first-order valence-electron chi connectivity index (χ1n) is 8.09. The highest BCUT2D eigenvalue weighted by Gasteiger charge is 2.13. The predicted octanol–water partition coefficient (Wildman–Crippen LogP) is 3.72. The van der Waals surface area contributed by atoms with Gasteiger partial charge in [-0.1, -0.05) is 64.7 Å². The van der Waals surface area contributed by atoms with Crippen LogP contribution >= 0.6 is 16.8 Å². The summed E-state index contributed by atoms with van der Waals surface area (Å²) >= 11 is 0. The van der Waals surface area contributed by atoms with Crippen LogP contribution in [0.15, 0.2) is 0 Å². The zero-order chi connectivity index (χ0) is 15.9. The summed E-state index contributed by atoms with van der Waals surface area (Å²) in [6.45, 7) is 2.94. The Morgan fingerprint density at radius 1 is 0.619 bits per heavy atom. The molecule has 21 heavy (non-hydrogen) atoms. The van der Waals surface area contributed by atoms with Crippen molar-refractivity contribution >= 4 is 16.8 Å². The zero-order valence-electron chi connectivity index (χ0n) is 13.3. The van der Waals surface area contributed by atoms with Crippen molar-refractivity contribution in [2.45, 2.75) is 71.1 Å². The van der Waals surface area contributed by atoms with E-state index in [1.54, 1.807) is 4.90 Å². The minimum absolute atomic E-state index is 0.146. The molecule has 0 aromatic heterocycles. The molecule has 0 aromatic carbocycles. The van der Waals surface area contributed by atoms with E-state index >= 15 is 0 Å². The standard InChI is InChI=1S/C14H33NO4P2/c1-2-3-4-5-6-7-8-9-10-11-12-15(13-20(16)17)14-21(18)19/h16-19H,2-14H2,1H3. The van der Waals surface area contributed by atoms with Gasteiger partial charge in [-0.3, -0.25) is 4.90 Å². The minimum atomic E-state index is -1.99. The Balaban J connectivity index is 3.44. The molecule has 0 unspecified atom stereocenters. The average molecular weight is 341 g/mol. The highest BCUT2D eigenvalue weighted by molar-refractivity contribution is 7.46. The van der Waals surface area contributed by atoms with Gasteiger partial charge in [0.15, 0.2) is 16.8 Å². The summed E-state index contributed by atoms with van der Waals surface area (Å²) in [6, 6.07) is 0. The van der Waals surface area contributed by atoms with Gasteiger partial charge in [-0.2, -0.15) is 0 Å². The number of nitrogens with zero attached hydrogens (tertiary/aromatic N) is 1. The minimum Gasteiger partial charge on any atom is -0.349 e. The van der Waals surface area contributed by atoms with Crippen LogP contribution in [-0.4, -0.2) is 43.6 Å². The van der Waals surface area contributed by atoms with Gasteiger partial charge in [-0.15, -0.1) is 0 Å². The summed E-state index contributed by atoms with van der Waals surface area (Å²) < 4.78 is 0. The van der Waals surface area contributed by atoms with Crippen LogP contribution in [0, 0.1) is 0 Å². The van der Waals surface area contributed by atoms with Crippen molar-refractivity contribution in [2.75, 3.05) is 19.1 Å². The Morgan fingerprint density at radius 2 is 1.00 bits per heavy atom. The average Bonchev–Trinajstić information content (AvgIpc) is 2.39. The van der Waals surface area contributed by atoms with E-state index in [-0.39, 0.29) is 12.6 Å². The number of rotatable bonds is 15. The maximum atomic E-state index is 9.02. The van der Waals surface area contributed by atoms with Crippen molar-refractivity contribution < 1.29 is 19.6 Å². The summed E-state index contributed by atoms with van der Waals surface area (Å²) in [6.07, 6.45) is 12.9. The molecule has 0 radical (unpaired) electrons. The lowest BCUT2D eigenvalue weighted by atomic mass is 10.1. The molecular weight excluding hydrogens is 308 g/mol. The van der Waals surface area contributed by atoms with Crippen LogP contribution in [0.1, 0.15) is 71.1 Å². The highest BCUT2D eigenvalue weighted by atomic mass is 31.2. The first-order valence-corrected chi connectivity index (χ1v) is 11.0. The zero-order valence-corrected chi connectivity index (χ0v) is 15.1. The van der Waals surface area contributed by atoms with E-state index in [1.165, 1.54) is 51.4 Å². The third-order valence-electron chi connectivity index (χ3n) is 3.48. The lowest BCUT2D eigenvalue weighted by Gasteiger charge is -2.22. The molecule has 128 valence electrons. The Bertz CT molecular complexity index is 211. The quantitative estimate of drug-likeness (QED) is 0.269. The summed E-state index contributed by atoms with van der Waals surface area (Å²) in [5.41, 5.74) is 0. The first kappa shape index (κ1) is 21.7. The van der Waals surface area contributed by atoms with Gasteiger partial charge in [0.2, 0.25) is 0 Å². The van der Waals surface area contributed by atoms with Gasteiger partial charge in [0, 0.05) is 0 Å². The molecule has 0 aliphatic carbocycles. The first-order chi connectivity index (χ1) is 10.1. The molecule has 0 saturated carbocycles. The van der Waals surface area contributed by atoms with Crippen molar-refractivity contribution in [3.63, 3.8) is 0 Å². The molecule has 0 rings (SSSR count). The van der Waals surface area contributed by atoms with Crippen LogP contribution in [0.3, 0.4) is 0 Å². The summed E-state index contributed by atoms with van der Waals surface area (Å²) in [4.78, 5) is 37.8. The van der Waals surface area contributed by atoms with Crippen LogP contribution in [0.5, 0.6) is 0 Å². The van der Waals surface area contributed by atoms with Crippen LogP contribution in [0.25, 0.3) is 0 Å². The van der Waals surface area contributed by atoms with Gasteiger partial charge in [-0.25, -0.2) is 0 Å². The number of unbranched alkanes of at least 4 members (excludes halogenated alkanes) is 9. The van der Waals surface area contributed by atoms with Crippen molar-refractivity contribution in [3.05, 3.63) is 0 Å². The normalized spacial score (nSPS) is 12.0. The van der Waals surface area contributed by atoms with Crippen LogP contribution in [0.2, 0.25) is 0 Å². The monoisotopic (exact) mass is 341 g/mol. The Morgan fingerprint density at radius 3 is 1.38 bits per heavy atom. The van der Waals surface area contributed by atoms with Crippen molar-refractivity contribution in [1.29, 1.82) is 0 Å². The number of hydrogen-bond acceptors (Lipinski definition) is 5. The Hall–Kier alpha value is 0.660. The van der Waals surface area contributed by atoms with Crippen LogP contribution in [0.4, 0.5) is 0 Å². The molecule has 0 spiro atoms. The lowest BCUT2D eigenvalue weighted by molar-refractivity contribution is 0.315. The van der Waals surface area contributed by atoms with Gasteiger partial charge in [0.05, 0.1) is 12.6 Å². The van der Waals surface area contributed by atoms with Crippen molar-refractivity contribution in [2.24, 2.45) is 0 Å². The highest BCUT2D eigenvalue weighted by Crippen LogP contribution is 2.30. The molecule has 0 amide bonds. The van der Waals surface area contributed by atoms with E-state index < -0.39 is 16.8 Å². The molecule has 0 saturated heterocycles. The molecule has 0 aliphatic rings. The largest absolute Gasteiger partial charge is 0.349 e. The molecule has 0 bridgehead atoms. The third-order valence-corrected chi connectivity index (χ3v) is 4.79. The molecule has 0 aliphatic heterocycles. The van der Waals surface area contributed by atoms with Crippen LogP contribution < -0.4 is 0 Å². The molecule has 0 atom stereocenters. The molecule has 7 heteroatoms. The lowest BCUT2D eigenvalue weighted by Crippen LogP contribution is -2.25. The summed E-state index contributed by atoms with van der Waals surface area (Å²) in [5, 5.41) is 0. The second-order valence-corrected chi connectivity index (χ2v) is 7.66. The molecule has 0 aromatic rings. The fourth-order valence-electron chi connectivity index (χ4n) is 2.37. The topological polar surface area (TPSA) is 84.2 Å². The molecule has 5 nitrogen and oxygen atoms in total. The predicted molar refractivity (Wildman–Crippen MR) is 91.0 cm³/mol. The second-order valence-electron chi connectivity index (χ2n) is 5.60. The van der Waals surface area contributed by atoms with Crippen molar-refractivity contribution in [3.8, 4) is 0 Å². The van der Waals surface area contributed by atoms with Gasteiger partial charge in [-0.05, 0) is 13.0 Å². The van der Waals surface area contributed by atoms with E-state index in [2.05, 4.69) is 6.92 Å². The van der Waals surface area contributed by atoms with E-state index in [0.717, 1.165) is 12.8 Å². The molecule has 0 heterocycles. The van der Waals surface area contributed by atoms with Crippen molar-refractivity contribution in [1.82, 2.24) is 4.90 Å². The van der Waals surface area contributed by atoms with Gasteiger partial charge >= 0.3 is 0 Å². The van der Waals surface area contributed by atoms with E-state index in [0.29, 0.717) is 6.54 Å². The Kier molecular flexibility index (Phi) is 16.0. The smallest absolute Gasteiger partial charge is 0.180 e. The number of hydrogen-bond donors (Lipinski definition) is 4. The summed E-state index contributed by atoms with van der Waals surface area (Å²) in [5.74, 6) is 0. The van der Waals surface area contributed by atoms with Crippen LogP contribution in [-0.2, 0) is 0 Å². The maximum absolute atomic E-state index is 9.02. The fourth-order valence-corrected chi connectivity index (χ4v) is 3.72. The Labute approximate surface area is 132 Å².